The van der Waals surface area contributed by atoms with Crippen LogP contribution in [0.5, 0.6) is 11.5 Å². The third kappa shape index (κ3) is 6.27. The van der Waals surface area contributed by atoms with Crippen LogP contribution in [0, 0.1) is 5.92 Å². The molecule has 2 aliphatic heterocycles. The molecule has 1 aromatic heterocycles. The van der Waals surface area contributed by atoms with Gasteiger partial charge in [-0.3, -0.25) is 9.69 Å². The van der Waals surface area contributed by atoms with Crippen molar-refractivity contribution in [2.45, 2.75) is 45.2 Å². The fourth-order valence-corrected chi connectivity index (χ4v) is 5.27. The molecule has 3 aromatic rings. The Labute approximate surface area is 224 Å². The normalized spacial score (nSPS) is 16.8. The molecule has 0 bridgehead atoms. The van der Waals surface area contributed by atoms with E-state index in [9.17, 15) is 4.79 Å². The number of hydrogen-bond donors (Lipinski definition) is 1. The number of likely N-dealkylation sites (tertiary alicyclic amines) is 1. The van der Waals surface area contributed by atoms with Gasteiger partial charge < -0.3 is 24.2 Å². The Hall–Kier alpha value is -3.59. The minimum atomic E-state index is 0.0314. The number of nitrogens with one attached hydrogen (secondary N) is 1. The maximum atomic E-state index is 12.8. The van der Waals surface area contributed by atoms with Crippen LogP contribution in [-0.4, -0.2) is 61.3 Å². The highest BCUT2D eigenvalue weighted by Gasteiger charge is 2.26. The lowest BCUT2D eigenvalue weighted by atomic mass is 9.96. The standard InChI is InChI=1S/C29H37N5O4/c1-36-25-11-8-23(18-26(25)37-2)28-31-27(38-32-28)20-33-16-12-22(13-17-33)29(35)30-19-21-6-9-24(10-7-21)34-14-4-3-5-15-34/h6-11,18,22H,3-5,12-17,19-20H2,1-2H3,(H,30,35). The molecule has 2 saturated heterocycles. The van der Waals surface area contributed by atoms with Crippen molar-refractivity contribution in [3.05, 3.63) is 53.9 Å². The van der Waals surface area contributed by atoms with E-state index < -0.39 is 0 Å². The Kier molecular flexibility index (Phi) is 8.43. The molecule has 202 valence electrons. The summed E-state index contributed by atoms with van der Waals surface area (Å²) in [7, 11) is 3.20. The minimum absolute atomic E-state index is 0.0314. The molecule has 0 spiro atoms. The van der Waals surface area contributed by atoms with E-state index in [0.29, 0.717) is 36.3 Å². The number of methoxy groups -OCH3 is 2. The van der Waals surface area contributed by atoms with Gasteiger partial charge in [-0.2, -0.15) is 4.98 Å². The van der Waals surface area contributed by atoms with Crippen molar-refractivity contribution in [3.63, 3.8) is 0 Å². The van der Waals surface area contributed by atoms with Gasteiger partial charge in [0.1, 0.15) is 0 Å². The van der Waals surface area contributed by atoms with Crippen LogP contribution in [0.2, 0.25) is 0 Å². The van der Waals surface area contributed by atoms with Crippen LogP contribution in [0.15, 0.2) is 47.0 Å². The van der Waals surface area contributed by atoms with Crippen LogP contribution < -0.4 is 19.7 Å². The number of carbonyl (C=O) groups is 1. The summed E-state index contributed by atoms with van der Waals surface area (Å²) in [6.45, 7) is 5.05. The smallest absolute Gasteiger partial charge is 0.241 e. The van der Waals surface area contributed by atoms with Crippen LogP contribution >= 0.6 is 0 Å². The van der Waals surface area contributed by atoms with E-state index in [1.54, 1.807) is 14.2 Å². The van der Waals surface area contributed by atoms with Gasteiger partial charge >= 0.3 is 0 Å². The average Bonchev–Trinajstić information content (AvgIpc) is 3.45. The number of anilines is 1. The maximum absolute atomic E-state index is 12.8. The fraction of sp³-hybridized carbons (Fsp3) is 0.483. The zero-order valence-electron chi connectivity index (χ0n) is 22.3. The molecule has 38 heavy (non-hydrogen) atoms. The summed E-state index contributed by atoms with van der Waals surface area (Å²) in [5.74, 6) is 2.51. The number of hydrogen-bond acceptors (Lipinski definition) is 8. The van der Waals surface area contributed by atoms with Crippen LogP contribution in [0.3, 0.4) is 0 Å². The highest BCUT2D eigenvalue weighted by atomic mass is 16.5. The molecule has 0 radical (unpaired) electrons. The fourth-order valence-electron chi connectivity index (χ4n) is 5.27. The Morgan fingerprint density at radius 3 is 2.42 bits per heavy atom. The molecule has 0 aliphatic carbocycles. The van der Waals surface area contributed by atoms with Crippen molar-refractivity contribution in [1.82, 2.24) is 20.4 Å². The number of aromatic nitrogens is 2. The largest absolute Gasteiger partial charge is 0.493 e. The highest BCUT2D eigenvalue weighted by molar-refractivity contribution is 5.78. The first kappa shape index (κ1) is 26.0. The van der Waals surface area contributed by atoms with Crippen molar-refractivity contribution in [1.29, 1.82) is 0 Å². The number of rotatable bonds is 9. The zero-order chi connectivity index (χ0) is 26.3. The molecule has 1 N–H and O–H groups in total. The second-order valence-corrected chi connectivity index (χ2v) is 10.1. The van der Waals surface area contributed by atoms with Gasteiger partial charge in [-0.1, -0.05) is 17.3 Å². The molecule has 0 saturated carbocycles. The lowest BCUT2D eigenvalue weighted by Gasteiger charge is -2.30. The van der Waals surface area contributed by atoms with Gasteiger partial charge in [0.15, 0.2) is 11.5 Å². The summed E-state index contributed by atoms with van der Waals surface area (Å²) in [4.78, 5) is 22.1. The molecule has 3 heterocycles. The van der Waals surface area contributed by atoms with E-state index in [1.807, 2.05) is 18.2 Å². The van der Waals surface area contributed by atoms with Gasteiger partial charge in [0.05, 0.1) is 20.8 Å². The molecule has 2 fully saturated rings. The van der Waals surface area contributed by atoms with Gasteiger partial charge in [-0.05, 0) is 81.1 Å². The quantitative estimate of drug-likeness (QED) is 0.448. The summed E-state index contributed by atoms with van der Waals surface area (Å²) >= 11 is 0. The lowest BCUT2D eigenvalue weighted by molar-refractivity contribution is -0.126. The van der Waals surface area contributed by atoms with Crippen LogP contribution in [-0.2, 0) is 17.9 Å². The van der Waals surface area contributed by atoms with Crippen LogP contribution in [0.4, 0.5) is 5.69 Å². The van der Waals surface area contributed by atoms with Crippen LogP contribution in [0.25, 0.3) is 11.4 Å². The second-order valence-electron chi connectivity index (χ2n) is 10.1. The molecule has 9 heteroatoms. The predicted octanol–water partition coefficient (Wildman–Crippen LogP) is 4.27. The van der Waals surface area contributed by atoms with Gasteiger partial charge in [0.25, 0.3) is 0 Å². The monoisotopic (exact) mass is 519 g/mol. The first-order chi connectivity index (χ1) is 18.6. The highest BCUT2D eigenvalue weighted by Crippen LogP contribution is 2.31. The maximum Gasteiger partial charge on any atom is 0.241 e. The summed E-state index contributed by atoms with van der Waals surface area (Å²) in [5, 5.41) is 7.28. The van der Waals surface area contributed by atoms with Crippen molar-refractivity contribution < 1.29 is 18.8 Å². The molecular weight excluding hydrogens is 482 g/mol. The Bertz CT molecular complexity index is 1200. The summed E-state index contributed by atoms with van der Waals surface area (Å²) < 4.78 is 16.2. The first-order valence-electron chi connectivity index (χ1n) is 13.5. The molecule has 1 amide bonds. The number of piperidine rings is 2. The van der Waals surface area contributed by atoms with E-state index in [4.69, 9.17) is 14.0 Å². The van der Waals surface area contributed by atoms with Crippen LogP contribution in [0.1, 0.15) is 43.6 Å². The molecular formula is C29H37N5O4. The minimum Gasteiger partial charge on any atom is -0.493 e. The first-order valence-corrected chi connectivity index (χ1v) is 13.5. The number of nitrogens with zero attached hydrogens (tertiary/aromatic N) is 4. The molecule has 0 atom stereocenters. The van der Waals surface area contributed by atoms with Crippen molar-refractivity contribution >= 4 is 11.6 Å². The van der Waals surface area contributed by atoms with Crippen molar-refractivity contribution in [3.8, 4) is 22.9 Å². The SMILES string of the molecule is COc1ccc(-c2noc(CN3CCC(C(=O)NCc4ccc(N5CCCCC5)cc4)CC3)n2)cc1OC. The predicted molar refractivity (Wildman–Crippen MR) is 145 cm³/mol. The van der Waals surface area contributed by atoms with E-state index in [0.717, 1.165) is 50.1 Å². The Balaban J connectivity index is 1.07. The van der Waals surface area contributed by atoms with Crippen molar-refractivity contribution in [2.75, 3.05) is 45.3 Å². The van der Waals surface area contributed by atoms with Gasteiger partial charge in [-0.25, -0.2) is 0 Å². The zero-order valence-corrected chi connectivity index (χ0v) is 22.3. The Morgan fingerprint density at radius 1 is 0.974 bits per heavy atom. The van der Waals surface area contributed by atoms with Gasteiger partial charge in [-0.15, -0.1) is 0 Å². The van der Waals surface area contributed by atoms with E-state index >= 15 is 0 Å². The summed E-state index contributed by atoms with van der Waals surface area (Å²) in [5.41, 5.74) is 3.22. The topological polar surface area (TPSA) is 93.0 Å². The second kappa shape index (κ2) is 12.3. The molecule has 5 rings (SSSR count). The van der Waals surface area contributed by atoms with Crippen molar-refractivity contribution in [2.24, 2.45) is 5.92 Å². The molecule has 2 aliphatic rings. The number of ether oxygens (including phenoxy) is 2. The number of amides is 1. The molecule has 0 unspecified atom stereocenters. The van der Waals surface area contributed by atoms with E-state index in [1.165, 1.54) is 24.9 Å². The van der Waals surface area contributed by atoms with E-state index in [2.05, 4.69) is 49.5 Å². The van der Waals surface area contributed by atoms with E-state index in [-0.39, 0.29) is 11.8 Å². The van der Waals surface area contributed by atoms with Gasteiger partial charge in [0.2, 0.25) is 17.6 Å². The third-order valence-corrected chi connectivity index (χ3v) is 7.55. The number of benzene rings is 2. The average molecular weight is 520 g/mol. The third-order valence-electron chi connectivity index (χ3n) is 7.55. The summed E-state index contributed by atoms with van der Waals surface area (Å²) in [6.07, 6.45) is 5.50. The molecule has 2 aromatic carbocycles. The Morgan fingerprint density at radius 2 is 1.71 bits per heavy atom. The molecule has 9 nitrogen and oxygen atoms in total. The van der Waals surface area contributed by atoms with Gasteiger partial charge in [0, 0.05) is 36.8 Å². The summed E-state index contributed by atoms with van der Waals surface area (Å²) in [6, 6.07) is 14.2. The lowest BCUT2D eigenvalue weighted by Crippen LogP contribution is -2.40. The number of carbonyl (C=O) groups excluding carboxylic acids is 1.